The number of hydrogen-bond donors (Lipinski definition) is 0. The summed E-state index contributed by atoms with van der Waals surface area (Å²) in [5.74, 6) is -1.42. The summed E-state index contributed by atoms with van der Waals surface area (Å²) in [5, 5.41) is 0. The normalized spacial score (nSPS) is 15.8. The second-order valence-electron chi connectivity index (χ2n) is 5.01. The molecule has 0 aromatic heterocycles. The average Bonchev–Trinajstić information content (AvgIpc) is 2.23. The van der Waals surface area contributed by atoms with Gasteiger partial charge in [0, 0.05) is 6.54 Å². The number of likely N-dealkylation sites (N-methyl/N-ethyl adjacent to an activating group) is 1. The summed E-state index contributed by atoms with van der Waals surface area (Å²) < 4.78 is 26.8. The summed E-state index contributed by atoms with van der Waals surface area (Å²) in [5.41, 5.74) is -0.419. The van der Waals surface area contributed by atoms with E-state index < -0.39 is 23.0 Å². The Balaban J connectivity index is 1.98. The fourth-order valence-electron chi connectivity index (χ4n) is 2.27. The number of benzene rings is 1. The van der Waals surface area contributed by atoms with Gasteiger partial charge in [0.15, 0.2) is 5.78 Å². The van der Waals surface area contributed by atoms with Crippen LogP contribution in [0.2, 0.25) is 0 Å². The highest BCUT2D eigenvalue weighted by atomic mass is 19.1. The monoisotopic (exact) mass is 253 g/mol. The molecule has 0 radical (unpaired) electrons. The van der Waals surface area contributed by atoms with Crippen molar-refractivity contribution in [2.75, 3.05) is 20.1 Å². The van der Waals surface area contributed by atoms with Crippen LogP contribution in [0.5, 0.6) is 0 Å². The van der Waals surface area contributed by atoms with E-state index in [4.69, 9.17) is 0 Å². The van der Waals surface area contributed by atoms with Crippen LogP contribution in [0.15, 0.2) is 18.2 Å². The summed E-state index contributed by atoms with van der Waals surface area (Å²) in [7, 11) is 1.81. The van der Waals surface area contributed by atoms with Gasteiger partial charge in [0.2, 0.25) is 0 Å². The van der Waals surface area contributed by atoms with Gasteiger partial charge in [0.25, 0.3) is 0 Å². The van der Waals surface area contributed by atoms with Crippen molar-refractivity contribution >= 4 is 5.78 Å². The molecule has 1 aromatic carbocycles. The van der Waals surface area contributed by atoms with E-state index in [-0.39, 0.29) is 6.54 Å². The molecule has 0 bridgehead atoms. The Morgan fingerprint density at radius 2 is 1.94 bits per heavy atom. The molecule has 98 valence electrons. The third-order valence-electron chi connectivity index (χ3n) is 3.45. The molecule has 1 aliphatic carbocycles. The molecule has 0 amide bonds. The molecule has 0 aliphatic heterocycles. The van der Waals surface area contributed by atoms with Crippen LogP contribution in [0, 0.1) is 17.6 Å². The maximum atomic E-state index is 13.4. The van der Waals surface area contributed by atoms with Crippen molar-refractivity contribution in [2.24, 2.45) is 5.92 Å². The lowest BCUT2D eigenvalue weighted by Gasteiger charge is -2.29. The quantitative estimate of drug-likeness (QED) is 0.752. The van der Waals surface area contributed by atoms with Crippen molar-refractivity contribution in [1.29, 1.82) is 0 Å². The molecule has 0 spiro atoms. The zero-order valence-electron chi connectivity index (χ0n) is 10.5. The minimum Gasteiger partial charge on any atom is -0.299 e. The van der Waals surface area contributed by atoms with Gasteiger partial charge in [-0.05, 0) is 37.9 Å². The summed E-state index contributed by atoms with van der Waals surface area (Å²) in [4.78, 5) is 13.7. The lowest BCUT2D eigenvalue weighted by molar-refractivity contribution is 0.0916. The number of carbonyl (C=O) groups excluding carboxylic acids is 1. The van der Waals surface area contributed by atoms with E-state index in [0.717, 1.165) is 18.7 Å². The Labute approximate surface area is 106 Å². The van der Waals surface area contributed by atoms with Crippen molar-refractivity contribution < 1.29 is 13.6 Å². The van der Waals surface area contributed by atoms with Crippen molar-refractivity contribution in [2.45, 2.75) is 19.3 Å². The molecule has 2 rings (SSSR count). The SMILES string of the molecule is CN(CC(=O)c1c(F)cccc1F)CC1CCC1. The van der Waals surface area contributed by atoms with E-state index in [9.17, 15) is 13.6 Å². The molecule has 0 saturated heterocycles. The van der Waals surface area contributed by atoms with E-state index in [1.54, 1.807) is 0 Å². The van der Waals surface area contributed by atoms with Gasteiger partial charge in [0.1, 0.15) is 11.6 Å². The average molecular weight is 253 g/mol. The Hall–Kier alpha value is -1.29. The van der Waals surface area contributed by atoms with Crippen LogP contribution in [0.4, 0.5) is 8.78 Å². The maximum Gasteiger partial charge on any atom is 0.182 e. The fourth-order valence-corrected chi connectivity index (χ4v) is 2.27. The van der Waals surface area contributed by atoms with Crippen molar-refractivity contribution in [1.82, 2.24) is 4.90 Å². The van der Waals surface area contributed by atoms with Gasteiger partial charge in [-0.3, -0.25) is 9.69 Å². The second kappa shape index (κ2) is 5.57. The van der Waals surface area contributed by atoms with Gasteiger partial charge in [-0.1, -0.05) is 12.5 Å². The summed E-state index contributed by atoms with van der Waals surface area (Å²) >= 11 is 0. The van der Waals surface area contributed by atoms with Gasteiger partial charge in [-0.2, -0.15) is 0 Å². The first kappa shape index (κ1) is 13.1. The van der Waals surface area contributed by atoms with Gasteiger partial charge >= 0.3 is 0 Å². The van der Waals surface area contributed by atoms with Gasteiger partial charge in [0.05, 0.1) is 12.1 Å². The van der Waals surface area contributed by atoms with Crippen LogP contribution >= 0.6 is 0 Å². The zero-order valence-corrected chi connectivity index (χ0v) is 10.5. The summed E-state index contributed by atoms with van der Waals surface area (Å²) in [6.07, 6.45) is 3.62. The molecule has 0 N–H and O–H groups in total. The predicted molar refractivity (Wildman–Crippen MR) is 65.5 cm³/mol. The maximum absolute atomic E-state index is 13.4. The molecule has 1 saturated carbocycles. The number of ketones is 1. The van der Waals surface area contributed by atoms with Gasteiger partial charge < -0.3 is 0 Å². The number of Topliss-reactive ketones (excluding diaryl/α,β-unsaturated/α-hetero) is 1. The topological polar surface area (TPSA) is 20.3 Å². The van der Waals surface area contributed by atoms with Crippen LogP contribution in [-0.2, 0) is 0 Å². The largest absolute Gasteiger partial charge is 0.299 e. The standard InChI is InChI=1S/C14H17F2NO/c1-17(8-10-4-2-5-10)9-13(18)14-11(15)6-3-7-12(14)16/h3,6-7,10H,2,4-5,8-9H2,1H3. The first-order valence-electron chi connectivity index (χ1n) is 6.23. The molecule has 0 heterocycles. The third kappa shape index (κ3) is 2.93. The van der Waals surface area contributed by atoms with Crippen LogP contribution < -0.4 is 0 Å². The van der Waals surface area contributed by atoms with Crippen LogP contribution in [0.25, 0.3) is 0 Å². The zero-order chi connectivity index (χ0) is 13.1. The van der Waals surface area contributed by atoms with Crippen LogP contribution in [0.3, 0.4) is 0 Å². The molecule has 1 fully saturated rings. The molecule has 2 nitrogen and oxygen atoms in total. The molecule has 18 heavy (non-hydrogen) atoms. The molecule has 0 unspecified atom stereocenters. The highest BCUT2D eigenvalue weighted by Gasteiger charge is 2.22. The highest BCUT2D eigenvalue weighted by Crippen LogP contribution is 2.26. The molecule has 0 atom stereocenters. The lowest BCUT2D eigenvalue weighted by Crippen LogP contribution is -2.33. The summed E-state index contributed by atoms with van der Waals surface area (Å²) in [6, 6.07) is 3.49. The molecular weight excluding hydrogens is 236 g/mol. The minimum atomic E-state index is -0.781. The van der Waals surface area contributed by atoms with Crippen LogP contribution in [0.1, 0.15) is 29.6 Å². The molecule has 1 aliphatic rings. The van der Waals surface area contributed by atoms with Crippen molar-refractivity contribution in [3.63, 3.8) is 0 Å². The Kier molecular flexibility index (Phi) is 4.07. The minimum absolute atomic E-state index is 0.0638. The first-order chi connectivity index (χ1) is 8.58. The van der Waals surface area contributed by atoms with E-state index in [1.807, 2.05) is 11.9 Å². The lowest BCUT2D eigenvalue weighted by atomic mass is 9.85. The number of halogens is 2. The second-order valence-corrected chi connectivity index (χ2v) is 5.01. The van der Waals surface area contributed by atoms with Gasteiger partial charge in [-0.25, -0.2) is 8.78 Å². The molecule has 1 aromatic rings. The number of carbonyl (C=O) groups is 1. The highest BCUT2D eigenvalue weighted by molar-refractivity contribution is 5.98. The Morgan fingerprint density at radius 1 is 1.33 bits per heavy atom. The number of nitrogens with zero attached hydrogens (tertiary/aromatic N) is 1. The third-order valence-corrected chi connectivity index (χ3v) is 3.45. The fraction of sp³-hybridized carbons (Fsp3) is 0.500. The smallest absolute Gasteiger partial charge is 0.182 e. The number of rotatable bonds is 5. The summed E-state index contributed by atoms with van der Waals surface area (Å²) in [6.45, 7) is 0.885. The predicted octanol–water partition coefficient (Wildman–Crippen LogP) is 2.88. The van der Waals surface area contributed by atoms with Crippen LogP contribution in [-0.4, -0.2) is 30.8 Å². The number of hydrogen-bond acceptors (Lipinski definition) is 2. The Morgan fingerprint density at radius 3 is 2.44 bits per heavy atom. The Bertz CT molecular complexity index is 423. The van der Waals surface area contributed by atoms with Crippen molar-refractivity contribution in [3.05, 3.63) is 35.4 Å². The van der Waals surface area contributed by atoms with Gasteiger partial charge in [-0.15, -0.1) is 0 Å². The van der Waals surface area contributed by atoms with E-state index in [0.29, 0.717) is 5.92 Å². The first-order valence-corrected chi connectivity index (χ1v) is 6.23. The molecular formula is C14H17F2NO. The van der Waals surface area contributed by atoms with Crippen molar-refractivity contribution in [3.8, 4) is 0 Å². The van der Waals surface area contributed by atoms with E-state index in [2.05, 4.69) is 0 Å². The molecule has 4 heteroatoms. The van der Waals surface area contributed by atoms with E-state index in [1.165, 1.54) is 25.3 Å². The van der Waals surface area contributed by atoms with E-state index >= 15 is 0 Å².